The van der Waals surface area contributed by atoms with Gasteiger partial charge in [0.1, 0.15) is 6.23 Å². The predicted octanol–water partition coefficient (Wildman–Crippen LogP) is 4.51. The first-order valence-electron chi connectivity index (χ1n) is 12.4. The maximum Gasteiger partial charge on any atom is 0.416 e. The number of aliphatic hydroxyl groups excluding tert-OH is 1. The minimum absolute atomic E-state index is 0.0425. The second kappa shape index (κ2) is 11.2. The Morgan fingerprint density at radius 1 is 1.18 bits per heavy atom. The van der Waals surface area contributed by atoms with Gasteiger partial charge in [0, 0.05) is 24.2 Å². The monoisotopic (exact) mass is 469 g/mol. The van der Waals surface area contributed by atoms with E-state index in [2.05, 4.69) is 35.9 Å². The zero-order valence-electron chi connectivity index (χ0n) is 19.9. The van der Waals surface area contributed by atoms with Gasteiger partial charge in [-0.05, 0) is 69.3 Å². The maximum atomic E-state index is 13.0. The van der Waals surface area contributed by atoms with E-state index in [9.17, 15) is 23.1 Å². The minimum Gasteiger partial charge on any atom is -0.376 e. The number of carbonyl (C=O) groups excluding carboxylic acids is 1. The van der Waals surface area contributed by atoms with Gasteiger partial charge < -0.3 is 15.3 Å². The van der Waals surface area contributed by atoms with Crippen molar-refractivity contribution >= 4 is 5.91 Å². The Morgan fingerprint density at radius 3 is 2.55 bits per heavy atom. The van der Waals surface area contributed by atoms with Gasteiger partial charge in [-0.3, -0.25) is 9.69 Å². The summed E-state index contributed by atoms with van der Waals surface area (Å²) in [6.07, 6.45) is 0.672. The van der Waals surface area contributed by atoms with Gasteiger partial charge in [0.2, 0.25) is 0 Å². The lowest BCUT2D eigenvalue weighted by atomic mass is 9.77. The van der Waals surface area contributed by atoms with Gasteiger partial charge in [0.15, 0.2) is 0 Å². The first-order valence-corrected chi connectivity index (χ1v) is 12.4. The third-order valence-corrected chi connectivity index (χ3v) is 7.50. The highest BCUT2D eigenvalue weighted by atomic mass is 19.4. The molecule has 0 radical (unpaired) electrons. The summed E-state index contributed by atoms with van der Waals surface area (Å²) in [6, 6.07) is 4.76. The number of aliphatic hydroxyl groups is 1. The van der Waals surface area contributed by atoms with Crippen molar-refractivity contribution in [2.24, 2.45) is 5.92 Å². The summed E-state index contributed by atoms with van der Waals surface area (Å²) < 4.78 is 39.0. The molecule has 5 nitrogen and oxygen atoms in total. The van der Waals surface area contributed by atoms with Crippen molar-refractivity contribution in [3.05, 3.63) is 35.4 Å². The zero-order chi connectivity index (χ0) is 24.2. The van der Waals surface area contributed by atoms with Crippen LogP contribution in [0.3, 0.4) is 0 Å². The van der Waals surface area contributed by atoms with Gasteiger partial charge in [0.25, 0.3) is 5.91 Å². The molecule has 1 aromatic carbocycles. The maximum absolute atomic E-state index is 13.0. The molecule has 1 aliphatic heterocycles. The number of benzene rings is 1. The number of rotatable bonds is 8. The van der Waals surface area contributed by atoms with Crippen molar-refractivity contribution in [1.82, 2.24) is 15.1 Å². The summed E-state index contributed by atoms with van der Waals surface area (Å²) >= 11 is 0. The van der Waals surface area contributed by atoms with Gasteiger partial charge in [0.05, 0.1) is 11.6 Å². The minimum atomic E-state index is -4.50. The Labute approximate surface area is 195 Å². The van der Waals surface area contributed by atoms with Crippen LogP contribution in [0.1, 0.15) is 75.2 Å². The fourth-order valence-corrected chi connectivity index (χ4v) is 5.81. The highest BCUT2D eigenvalue weighted by Gasteiger charge is 2.43. The van der Waals surface area contributed by atoms with E-state index in [4.69, 9.17) is 0 Å². The molecule has 3 rings (SSSR count). The molecule has 1 unspecified atom stereocenters. The quantitative estimate of drug-likeness (QED) is 0.588. The summed E-state index contributed by atoms with van der Waals surface area (Å²) in [6.45, 7) is 9.35. The molecule has 1 saturated heterocycles. The average Bonchev–Trinajstić information content (AvgIpc) is 3.14. The van der Waals surface area contributed by atoms with Crippen LogP contribution in [-0.2, 0) is 6.18 Å². The van der Waals surface area contributed by atoms with Crippen LogP contribution in [0.25, 0.3) is 0 Å². The van der Waals surface area contributed by atoms with E-state index in [1.807, 2.05) is 0 Å². The third-order valence-electron chi connectivity index (χ3n) is 7.50. The standard InChI is InChI=1S/C25H38F3N3O2/c1-4-8-17-16-20(30(5-2)6-3)11-12-22(17)31-14-13-21(24(31)33)29-23(32)18-9-7-10-19(15-18)25(26,27)28/h7,9-10,15,17,20-22,24,33H,4-6,8,11-14,16H2,1-3H3,(H,29,32)/t17-,20+,21?,22-,24-/m0/s1. The Kier molecular flexibility index (Phi) is 8.81. The van der Waals surface area contributed by atoms with Gasteiger partial charge >= 0.3 is 6.18 Å². The Balaban J connectivity index is 1.65. The molecule has 1 amide bonds. The van der Waals surface area contributed by atoms with Crippen molar-refractivity contribution in [3.8, 4) is 0 Å². The molecule has 8 heteroatoms. The Bertz CT molecular complexity index is 784. The van der Waals surface area contributed by atoms with Crippen LogP contribution in [0.4, 0.5) is 13.2 Å². The number of halogens is 3. The summed E-state index contributed by atoms with van der Waals surface area (Å²) in [7, 11) is 0. The summed E-state index contributed by atoms with van der Waals surface area (Å²) in [5.41, 5.74) is -0.893. The first-order chi connectivity index (χ1) is 15.7. The van der Waals surface area contributed by atoms with E-state index in [0.29, 0.717) is 24.9 Å². The molecular formula is C25H38F3N3O2. The molecular weight excluding hydrogens is 431 g/mol. The zero-order valence-corrected chi connectivity index (χ0v) is 19.9. The molecule has 5 atom stereocenters. The second-order valence-electron chi connectivity index (χ2n) is 9.40. The highest BCUT2D eigenvalue weighted by Crippen LogP contribution is 2.37. The van der Waals surface area contributed by atoms with E-state index < -0.39 is 29.9 Å². The van der Waals surface area contributed by atoms with Crippen LogP contribution < -0.4 is 5.32 Å². The normalized spacial score (nSPS) is 28.9. The molecule has 1 heterocycles. The van der Waals surface area contributed by atoms with E-state index in [0.717, 1.165) is 57.3 Å². The number of carbonyl (C=O) groups is 1. The Hall–Kier alpha value is -1.64. The topological polar surface area (TPSA) is 55.8 Å². The number of hydrogen-bond donors (Lipinski definition) is 2. The second-order valence-corrected chi connectivity index (χ2v) is 9.40. The molecule has 0 spiro atoms. The molecule has 2 N–H and O–H groups in total. The van der Waals surface area contributed by atoms with Crippen LogP contribution in [0.15, 0.2) is 24.3 Å². The number of likely N-dealkylation sites (tertiary alicyclic amines) is 1. The number of nitrogens with zero attached hydrogens (tertiary/aromatic N) is 2. The smallest absolute Gasteiger partial charge is 0.376 e. The van der Waals surface area contributed by atoms with Gasteiger partial charge in [-0.2, -0.15) is 13.2 Å². The molecule has 2 aliphatic rings. The van der Waals surface area contributed by atoms with Crippen molar-refractivity contribution < 1.29 is 23.1 Å². The van der Waals surface area contributed by atoms with E-state index >= 15 is 0 Å². The number of hydrogen-bond acceptors (Lipinski definition) is 4. The third kappa shape index (κ3) is 6.08. The van der Waals surface area contributed by atoms with E-state index in [1.54, 1.807) is 0 Å². The van der Waals surface area contributed by atoms with Crippen LogP contribution in [0.2, 0.25) is 0 Å². The molecule has 33 heavy (non-hydrogen) atoms. The van der Waals surface area contributed by atoms with Crippen LogP contribution in [-0.4, -0.2) is 64.8 Å². The molecule has 186 valence electrons. The van der Waals surface area contributed by atoms with E-state index in [1.165, 1.54) is 12.1 Å². The van der Waals surface area contributed by atoms with E-state index in [-0.39, 0.29) is 11.6 Å². The molecule has 2 fully saturated rings. The van der Waals surface area contributed by atoms with Crippen molar-refractivity contribution in [2.75, 3.05) is 19.6 Å². The Morgan fingerprint density at radius 2 is 1.91 bits per heavy atom. The van der Waals surface area contributed by atoms with Crippen molar-refractivity contribution in [1.29, 1.82) is 0 Å². The highest BCUT2D eigenvalue weighted by molar-refractivity contribution is 5.94. The van der Waals surface area contributed by atoms with Gasteiger partial charge in [-0.25, -0.2) is 0 Å². The largest absolute Gasteiger partial charge is 0.416 e. The molecule has 0 aromatic heterocycles. The molecule has 1 saturated carbocycles. The fraction of sp³-hybridized carbons (Fsp3) is 0.720. The fourth-order valence-electron chi connectivity index (χ4n) is 5.81. The predicted molar refractivity (Wildman–Crippen MR) is 123 cm³/mol. The summed E-state index contributed by atoms with van der Waals surface area (Å²) in [5.74, 6) is -0.0933. The lowest BCUT2D eigenvalue weighted by Gasteiger charge is -2.45. The lowest BCUT2D eigenvalue weighted by molar-refractivity contribution is -0.137. The number of amides is 1. The van der Waals surface area contributed by atoms with Crippen LogP contribution in [0.5, 0.6) is 0 Å². The first kappa shape index (κ1) is 26.0. The average molecular weight is 470 g/mol. The van der Waals surface area contributed by atoms with Gasteiger partial charge in [-0.15, -0.1) is 0 Å². The van der Waals surface area contributed by atoms with Crippen LogP contribution >= 0.6 is 0 Å². The summed E-state index contributed by atoms with van der Waals surface area (Å²) in [5, 5.41) is 13.8. The SMILES string of the molecule is CCC[C@H]1C[C@H](N(CC)CC)CC[C@@H]1N1CCC(NC(=O)c2cccc(C(F)(F)F)c2)[C@@H]1O. The van der Waals surface area contributed by atoms with Gasteiger partial charge in [-0.1, -0.05) is 33.3 Å². The molecule has 0 bridgehead atoms. The van der Waals surface area contributed by atoms with Crippen molar-refractivity contribution in [3.63, 3.8) is 0 Å². The van der Waals surface area contributed by atoms with Crippen molar-refractivity contribution in [2.45, 2.75) is 89.8 Å². The summed E-state index contributed by atoms with van der Waals surface area (Å²) in [4.78, 5) is 17.3. The number of nitrogens with one attached hydrogen (secondary N) is 1. The molecule has 1 aliphatic carbocycles. The lowest BCUT2D eigenvalue weighted by Crippen LogP contribution is -2.53. The van der Waals surface area contributed by atoms with Crippen LogP contribution in [0, 0.1) is 5.92 Å². The number of alkyl halides is 3. The molecule has 1 aromatic rings.